The fraction of sp³-hybridized carbons (Fsp3) is 0. The molecule has 0 unspecified atom stereocenters. The fourth-order valence-corrected chi connectivity index (χ4v) is 8.51. The third kappa shape index (κ3) is 4.54. The number of nitrogens with zero attached hydrogens (tertiary/aromatic N) is 2. The van der Waals surface area contributed by atoms with Crippen LogP contribution in [-0.4, -0.2) is 26.3 Å². The van der Waals surface area contributed by atoms with Crippen molar-refractivity contribution in [1.82, 2.24) is 9.13 Å². The second kappa shape index (κ2) is 11.8. The van der Waals surface area contributed by atoms with Crippen molar-refractivity contribution in [2.24, 2.45) is 0 Å². The smallest absolute Gasteiger partial charge is 0.456 e. The van der Waals surface area contributed by atoms with Crippen molar-refractivity contribution in [3.05, 3.63) is 176 Å². The summed E-state index contributed by atoms with van der Waals surface area (Å²) in [6.45, 7) is 0. The maximum Gasteiger partial charge on any atom is 0.492 e. The average molecular weight is 695 g/mol. The Bertz CT molecular complexity index is 3250. The number of para-hydroxylation sites is 5. The molecule has 3 aromatic heterocycles. The minimum Gasteiger partial charge on any atom is -0.456 e. The SMILES string of the molecule is OB(O)c1cccc2c1oc1c(-c3ccc4c(c3)c3cc(-c5ccc6c(c5)c5ccccc5n6-c5ccccc5)ccc3n4-c3ccccc3)cccc12. The Kier molecular flexibility index (Phi) is 6.74. The standard InChI is InChI=1S/C48H31BN2O3/c52-49(53)42-19-10-18-38-37-17-9-16-35(47(37)54-48(38)42)32-23-26-46-41(29-32)40-28-31(22-25-45(40)51(46)34-13-5-2-6-14-34)30-21-24-44-39(27-30)36-15-7-8-20-43(36)50(44)33-11-3-1-4-12-33/h1-29,52-53H. The monoisotopic (exact) mass is 694 g/mol. The highest BCUT2D eigenvalue weighted by molar-refractivity contribution is 6.61. The van der Waals surface area contributed by atoms with Crippen LogP contribution in [0.25, 0.3) is 99.2 Å². The average Bonchev–Trinajstić information content (AvgIpc) is 3.88. The van der Waals surface area contributed by atoms with E-state index in [1.54, 1.807) is 6.07 Å². The van der Waals surface area contributed by atoms with Crippen molar-refractivity contribution in [3.8, 4) is 33.6 Å². The summed E-state index contributed by atoms with van der Waals surface area (Å²) in [4.78, 5) is 0. The van der Waals surface area contributed by atoms with Crippen LogP contribution in [0.3, 0.4) is 0 Å². The second-order valence-corrected chi connectivity index (χ2v) is 13.9. The predicted molar refractivity (Wildman–Crippen MR) is 223 cm³/mol. The van der Waals surface area contributed by atoms with E-state index in [1.807, 2.05) is 30.3 Å². The molecule has 0 fully saturated rings. The highest BCUT2D eigenvalue weighted by atomic mass is 16.4. The van der Waals surface area contributed by atoms with Gasteiger partial charge in [-0.05, 0) is 83.4 Å². The minimum absolute atomic E-state index is 0.353. The molecule has 0 aliphatic heterocycles. The van der Waals surface area contributed by atoms with E-state index in [0.717, 1.165) is 71.8 Å². The van der Waals surface area contributed by atoms with Gasteiger partial charge in [0.2, 0.25) is 0 Å². The van der Waals surface area contributed by atoms with Gasteiger partial charge in [0.1, 0.15) is 11.2 Å². The molecule has 11 rings (SSSR count). The van der Waals surface area contributed by atoms with Gasteiger partial charge < -0.3 is 23.6 Å². The first kappa shape index (κ1) is 30.7. The number of fused-ring (bicyclic) bond motifs is 9. The maximum atomic E-state index is 10.1. The molecule has 2 N–H and O–H groups in total. The van der Waals surface area contributed by atoms with Crippen molar-refractivity contribution < 1.29 is 14.5 Å². The molecule has 6 heteroatoms. The lowest BCUT2D eigenvalue weighted by molar-refractivity contribution is 0.425. The Balaban J connectivity index is 1.13. The number of aromatic nitrogens is 2. The van der Waals surface area contributed by atoms with Gasteiger partial charge in [0.15, 0.2) is 0 Å². The lowest BCUT2D eigenvalue weighted by Gasteiger charge is -2.09. The molecule has 0 atom stereocenters. The number of rotatable bonds is 5. The van der Waals surface area contributed by atoms with Crippen LogP contribution in [0.15, 0.2) is 180 Å². The van der Waals surface area contributed by atoms with Crippen LogP contribution >= 0.6 is 0 Å². The zero-order valence-corrected chi connectivity index (χ0v) is 29.0. The van der Waals surface area contributed by atoms with E-state index in [4.69, 9.17) is 4.42 Å². The van der Waals surface area contributed by atoms with Crippen LogP contribution in [0.1, 0.15) is 0 Å². The van der Waals surface area contributed by atoms with Gasteiger partial charge in [0.25, 0.3) is 0 Å². The Morgan fingerprint density at radius 3 is 1.44 bits per heavy atom. The molecule has 5 nitrogen and oxygen atoms in total. The van der Waals surface area contributed by atoms with E-state index >= 15 is 0 Å². The molecule has 0 saturated carbocycles. The first-order chi connectivity index (χ1) is 26.6. The Hall–Kier alpha value is -6.86. The molecular weight excluding hydrogens is 663 g/mol. The van der Waals surface area contributed by atoms with Gasteiger partial charge in [0.05, 0.1) is 22.1 Å². The third-order valence-corrected chi connectivity index (χ3v) is 10.9. The van der Waals surface area contributed by atoms with Gasteiger partial charge >= 0.3 is 7.12 Å². The van der Waals surface area contributed by atoms with Gasteiger partial charge in [-0.25, -0.2) is 0 Å². The summed E-state index contributed by atoms with van der Waals surface area (Å²) >= 11 is 0. The van der Waals surface area contributed by atoms with Crippen LogP contribution in [-0.2, 0) is 0 Å². The highest BCUT2D eigenvalue weighted by Gasteiger charge is 2.22. The summed E-state index contributed by atoms with van der Waals surface area (Å²) in [6, 6.07) is 61.6. The summed E-state index contributed by atoms with van der Waals surface area (Å²) < 4.78 is 11.1. The maximum absolute atomic E-state index is 10.1. The number of benzene rings is 8. The zero-order valence-electron chi connectivity index (χ0n) is 29.0. The molecule has 0 amide bonds. The van der Waals surface area contributed by atoms with Crippen LogP contribution in [0.4, 0.5) is 0 Å². The normalized spacial score (nSPS) is 11.9. The Morgan fingerprint density at radius 1 is 0.370 bits per heavy atom. The summed E-state index contributed by atoms with van der Waals surface area (Å²) in [7, 11) is -1.63. The molecule has 0 aliphatic rings. The van der Waals surface area contributed by atoms with E-state index in [-0.39, 0.29) is 0 Å². The quantitative estimate of drug-likeness (QED) is 0.176. The van der Waals surface area contributed by atoms with E-state index in [0.29, 0.717) is 11.0 Å². The number of hydrogen-bond donors (Lipinski definition) is 2. The molecule has 54 heavy (non-hydrogen) atoms. The van der Waals surface area contributed by atoms with Crippen molar-refractivity contribution in [3.63, 3.8) is 0 Å². The second-order valence-electron chi connectivity index (χ2n) is 13.9. The van der Waals surface area contributed by atoms with Crippen LogP contribution < -0.4 is 5.46 Å². The van der Waals surface area contributed by atoms with E-state index in [9.17, 15) is 10.0 Å². The highest BCUT2D eigenvalue weighted by Crippen LogP contribution is 2.41. The van der Waals surface area contributed by atoms with Gasteiger partial charge in [-0.1, -0.05) is 109 Å². The molecule has 0 radical (unpaired) electrons. The number of furan rings is 1. The largest absolute Gasteiger partial charge is 0.492 e. The summed E-state index contributed by atoms with van der Waals surface area (Å²) in [5.41, 5.74) is 12.7. The van der Waals surface area contributed by atoms with Gasteiger partial charge in [-0.3, -0.25) is 0 Å². The fourth-order valence-electron chi connectivity index (χ4n) is 8.51. The molecule has 0 saturated heterocycles. The van der Waals surface area contributed by atoms with E-state index in [1.165, 1.54) is 21.8 Å². The van der Waals surface area contributed by atoms with Crippen LogP contribution in [0, 0.1) is 0 Å². The molecular formula is C48H31BN2O3. The molecule has 3 heterocycles. The van der Waals surface area contributed by atoms with Gasteiger partial charge in [0, 0.05) is 54.7 Å². The third-order valence-electron chi connectivity index (χ3n) is 10.9. The molecule has 8 aromatic carbocycles. The summed E-state index contributed by atoms with van der Waals surface area (Å²) in [6.07, 6.45) is 0. The first-order valence-electron chi connectivity index (χ1n) is 18.2. The van der Waals surface area contributed by atoms with Gasteiger partial charge in [-0.15, -0.1) is 0 Å². The molecule has 254 valence electrons. The topological polar surface area (TPSA) is 63.5 Å². The summed E-state index contributed by atoms with van der Waals surface area (Å²) in [5.74, 6) is 0. The molecule has 0 aliphatic carbocycles. The number of hydrogen-bond acceptors (Lipinski definition) is 3. The minimum atomic E-state index is -1.63. The van der Waals surface area contributed by atoms with Crippen molar-refractivity contribution in [2.75, 3.05) is 0 Å². The van der Waals surface area contributed by atoms with Crippen molar-refractivity contribution in [1.29, 1.82) is 0 Å². The van der Waals surface area contributed by atoms with Gasteiger partial charge in [-0.2, -0.15) is 0 Å². The van der Waals surface area contributed by atoms with Crippen molar-refractivity contribution in [2.45, 2.75) is 0 Å². The predicted octanol–water partition coefficient (Wildman–Crippen LogP) is 10.8. The van der Waals surface area contributed by atoms with Crippen molar-refractivity contribution >= 4 is 78.1 Å². The lowest BCUT2D eigenvalue weighted by atomic mass is 9.79. The summed E-state index contributed by atoms with van der Waals surface area (Å²) in [5, 5.41) is 26.7. The van der Waals surface area contributed by atoms with Crippen LogP contribution in [0.5, 0.6) is 0 Å². The van der Waals surface area contributed by atoms with E-state index < -0.39 is 7.12 Å². The first-order valence-corrected chi connectivity index (χ1v) is 18.2. The zero-order chi connectivity index (χ0) is 35.9. The van der Waals surface area contributed by atoms with E-state index in [2.05, 4.69) is 149 Å². The Morgan fingerprint density at radius 2 is 0.833 bits per heavy atom. The van der Waals surface area contributed by atoms with Crippen LogP contribution in [0.2, 0.25) is 0 Å². The lowest BCUT2D eigenvalue weighted by Crippen LogP contribution is -2.29. The molecule has 0 bridgehead atoms. The molecule has 11 aromatic rings. The molecule has 0 spiro atoms. The Labute approximate surface area is 310 Å².